The first-order valence-corrected chi connectivity index (χ1v) is 17.9. The van der Waals surface area contributed by atoms with E-state index in [0.717, 1.165) is 79.0 Å². The number of likely N-dealkylation sites (tertiary alicyclic amines) is 1. The number of aromatic nitrogens is 4. The van der Waals surface area contributed by atoms with Crippen LogP contribution in [0.5, 0.6) is 0 Å². The van der Waals surface area contributed by atoms with Gasteiger partial charge >= 0.3 is 11.9 Å². The van der Waals surface area contributed by atoms with Crippen molar-refractivity contribution in [1.82, 2.24) is 30.2 Å². The van der Waals surface area contributed by atoms with Gasteiger partial charge in [-0.2, -0.15) is 10.5 Å². The van der Waals surface area contributed by atoms with E-state index < -0.39 is 0 Å². The van der Waals surface area contributed by atoms with Gasteiger partial charge in [0.2, 0.25) is 0 Å². The molecule has 0 spiro atoms. The number of H-pyrrole nitrogens is 2. The van der Waals surface area contributed by atoms with Gasteiger partial charge in [0.1, 0.15) is 22.4 Å². The van der Waals surface area contributed by atoms with E-state index in [2.05, 4.69) is 67.3 Å². The second-order valence-electron chi connectivity index (χ2n) is 12.8. The molecule has 2 saturated heterocycles. The first-order valence-electron chi connectivity index (χ1n) is 17.9. The minimum absolute atomic E-state index is 0.191. The fraction of sp³-hybridized carbons (Fsp3) is 0.474. The molecule has 2 fully saturated rings. The van der Waals surface area contributed by atoms with Crippen molar-refractivity contribution in [1.29, 1.82) is 10.5 Å². The van der Waals surface area contributed by atoms with Gasteiger partial charge in [0.15, 0.2) is 0 Å². The molecule has 4 aromatic heterocycles. The standard InChI is InChI=1S/C19H25N5O2.C16H22N4O2.C3H3N/c1-3-26-19(25)15-11-22-18-14(5-8-21-18)17(15)23-16-12-24(9-4-7-20)10-6-13(16)2;1-3-22-16(21)12-8-19-15-11(5-7-18-15)14(12)20-13-9-17-6-4-10(13)2;1-2-3-4/h5,8,11,13,16H,3-4,6,9-10,12H2,1-2H3,(H2,21,22,23);5,7-8,10,13,17H,3-4,6,9H2,1-2H3,(H2,18,19,20);2H,1H2/t13-,16+;10-,13+;/m11./s1. The zero-order valence-corrected chi connectivity index (χ0v) is 30.5. The van der Waals surface area contributed by atoms with Crippen LogP contribution in [0, 0.1) is 34.5 Å². The number of rotatable bonds is 10. The Morgan fingerprint density at radius 2 is 1.48 bits per heavy atom. The molecule has 0 bridgehead atoms. The predicted octanol–water partition coefficient (Wildman–Crippen LogP) is 5.62. The summed E-state index contributed by atoms with van der Waals surface area (Å²) in [5, 5.41) is 28.7. The number of allylic oxidation sites excluding steroid dienone is 1. The summed E-state index contributed by atoms with van der Waals surface area (Å²) in [5.41, 5.74) is 4.04. The molecule has 0 aromatic carbocycles. The number of hydrogen-bond acceptors (Lipinski definition) is 12. The van der Waals surface area contributed by atoms with E-state index in [1.54, 1.807) is 32.3 Å². The molecule has 2 aliphatic heterocycles. The van der Waals surface area contributed by atoms with Gasteiger partial charge in [-0.25, -0.2) is 19.6 Å². The summed E-state index contributed by atoms with van der Waals surface area (Å²) in [4.78, 5) is 41.7. The van der Waals surface area contributed by atoms with Gasteiger partial charge in [-0.15, -0.1) is 0 Å². The molecule has 2 aliphatic rings. The van der Waals surface area contributed by atoms with E-state index >= 15 is 0 Å². The van der Waals surface area contributed by atoms with E-state index in [4.69, 9.17) is 20.0 Å². The third-order valence-corrected chi connectivity index (χ3v) is 9.32. The van der Waals surface area contributed by atoms with Gasteiger partial charge in [-0.1, -0.05) is 20.4 Å². The second kappa shape index (κ2) is 19.8. The summed E-state index contributed by atoms with van der Waals surface area (Å²) >= 11 is 0. The van der Waals surface area contributed by atoms with Crippen molar-refractivity contribution in [3.8, 4) is 12.1 Å². The summed E-state index contributed by atoms with van der Waals surface area (Å²) in [7, 11) is 0. The van der Waals surface area contributed by atoms with Crippen LogP contribution in [0.4, 0.5) is 11.4 Å². The molecular formula is C38H50N10O4. The smallest absolute Gasteiger partial charge is 0.341 e. The molecule has 4 aromatic rings. The lowest BCUT2D eigenvalue weighted by atomic mass is 9.92. The van der Waals surface area contributed by atoms with Crippen molar-refractivity contribution in [2.24, 2.45) is 11.8 Å². The molecule has 0 amide bonds. The Balaban J connectivity index is 0.000000213. The van der Waals surface area contributed by atoms with Crippen LogP contribution in [-0.4, -0.2) is 94.8 Å². The highest BCUT2D eigenvalue weighted by Crippen LogP contribution is 2.31. The van der Waals surface area contributed by atoms with Gasteiger partial charge < -0.3 is 40.3 Å². The van der Waals surface area contributed by atoms with Crippen LogP contribution in [0.1, 0.15) is 67.7 Å². The summed E-state index contributed by atoms with van der Waals surface area (Å²) in [6.07, 6.45) is 10.7. The fourth-order valence-corrected chi connectivity index (χ4v) is 6.34. The van der Waals surface area contributed by atoms with Crippen LogP contribution in [0.2, 0.25) is 0 Å². The molecule has 0 aliphatic carbocycles. The van der Waals surface area contributed by atoms with E-state index in [9.17, 15) is 9.59 Å². The van der Waals surface area contributed by atoms with Crippen LogP contribution in [-0.2, 0) is 9.47 Å². The number of nitrogens with zero attached hydrogens (tertiary/aromatic N) is 5. The van der Waals surface area contributed by atoms with E-state index in [1.807, 2.05) is 24.5 Å². The number of aromatic amines is 2. The minimum Gasteiger partial charge on any atom is -0.462 e. The molecule has 4 atom stereocenters. The highest BCUT2D eigenvalue weighted by atomic mass is 16.5. The molecule has 52 heavy (non-hydrogen) atoms. The number of piperidine rings is 2. The Bertz CT molecular complexity index is 1870. The average Bonchev–Trinajstić information content (AvgIpc) is 3.84. The Hall–Kier alpha value is -5.44. The molecule has 6 rings (SSSR count). The minimum atomic E-state index is -0.365. The molecular weight excluding hydrogens is 660 g/mol. The molecule has 0 radical (unpaired) electrons. The zero-order valence-electron chi connectivity index (χ0n) is 30.5. The maximum absolute atomic E-state index is 12.4. The number of pyridine rings is 2. The van der Waals surface area contributed by atoms with Crippen molar-refractivity contribution in [3.05, 3.63) is 60.7 Å². The normalized spacial score (nSPS) is 19.8. The van der Waals surface area contributed by atoms with Crippen molar-refractivity contribution in [3.63, 3.8) is 0 Å². The number of esters is 2. The molecule has 14 nitrogen and oxygen atoms in total. The number of nitriles is 2. The summed E-state index contributed by atoms with van der Waals surface area (Å²) in [5.74, 6) is 0.302. The number of hydrogen-bond donors (Lipinski definition) is 5. The van der Waals surface area contributed by atoms with Crippen LogP contribution in [0.15, 0.2) is 49.6 Å². The van der Waals surface area contributed by atoms with Crippen LogP contribution in [0.3, 0.4) is 0 Å². The number of anilines is 2. The van der Waals surface area contributed by atoms with Gasteiger partial charge in [-0.05, 0) is 63.7 Å². The third-order valence-electron chi connectivity index (χ3n) is 9.32. The van der Waals surface area contributed by atoms with Crippen LogP contribution < -0.4 is 16.0 Å². The Morgan fingerprint density at radius 3 is 1.98 bits per heavy atom. The highest BCUT2D eigenvalue weighted by molar-refractivity contribution is 6.05. The molecule has 14 heteroatoms. The van der Waals surface area contributed by atoms with E-state index in [1.165, 1.54) is 6.08 Å². The first-order chi connectivity index (χ1) is 25.3. The van der Waals surface area contributed by atoms with Crippen molar-refractivity contribution < 1.29 is 19.1 Å². The largest absolute Gasteiger partial charge is 0.462 e. The van der Waals surface area contributed by atoms with Gasteiger partial charge in [0.05, 0.1) is 36.7 Å². The first kappa shape index (κ1) is 39.3. The van der Waals surface area contributed by atoms with Gasteiger partial charge in [0, 0.05) is 79.8 Å². The second-order valence-corrected chi connectivity index (χ2v) is 12.8. The number of fused-ring (bicyclic) bond motifs is 2. The maximum atomic E-state index is 12.4. The Labute approximate surface area is 305 Å². The molecule has 0 saturated carbocycles. The Kier molecular flexibility index (Phi) is 15.0. The van der Waals surface area contributed by atoms with Crippen molar-refractivity contribution >= 4 is 45.4 Å². The van der Waals surface area contributed by atoms with Crippen molar-refractivity contribution in [2.75, 3.05) is 56.6 Å². The van der Waals surface area contributed by atoms with Crippen LogP contribution >= 0.6 is 0 Å². The average molecular weight is 711 g/mol. The van der Waals surface area contributed by atoms with E-state index in [0.29, 0.717) is 42.6 Å². The van der Waals surface area contributed by atoms with Gasteiger partial charge in [0.25, 0.3) is 0 Å². The fourth-order valence-electron chi connectivity index (χ4n) is 6.34. The molecule has 276 valence electrons. The number of ether oxygens (including phenoxy) is 2. The quantitative estimate of drug-likeness (QED) is 0.101. The molecule has 5 N–H and O–H groups in total. The third kappa shape index (κ3) is 10.1. The topological polar surface area (TPSA) is 197 Å². The monoisotopic (exact) mass is 710 g/mol. The van der Waals surface area contributed by atoms with Gasteiger partial charge in [-0.3, -0.25) is 0 Å². The number of carbonyl (C=O) groups excluding carboxylic acids is 2. The Morgan fingerprint density at radius 1 is 0.942 bits per heavy atom. The highest BCUT2D eigenvalue weighted by Gasteiger charge is 2.29. The number of nitrogens with one attached hydrogen (secondary N) is 5. The van der Waals surface area contributed by atoms with Crippen molar-refractivity contribution in [2.45, 2.75) is 59.0 Å². The number of carbonyl (C=O) groups is 2. The summed E-state index contributed by atoms with van der Waals surface area (Å²) in [6, 6.07) is 8.24. The lowest BCUT2D eigenvalue weighted by Crippen LogP contribution is -2.47. The summed E-state index contributed by atoms with van der Waals surface area (Å²) < 4.78 is 10.4. The maximum Gasteiger partial charge on any atom is 0.341 e. The zero-order chi connectivity index (χ0) is 37.5. The predicted molar refractivity (Wildman–Crippen MR) is 202 cm³/mol. The molecule has 6 heterocycles. The SMILES string of the molecule is C=CC#N.CCOC(=O)c1cnc2[nH]ccc2c1N[C@H]1CN(CCC#N)CC[C@H]1C.CCOC(=O)c1cnc2[nH]ccc2c1N[C@H]1CNCC[C@H]1C. The van der Waals surface area contributed by atoms with E-state index in [-0.39, 0.29) is 24.0 Å². The lowest BCUT2D eigenvalue weighted by molar-refractivity contribution is 0.0517. The van der Waals surface area contributed by atoms with Crippen LogP contribution in [0.25, 0.3) is 22.1 Å². The lowest BCUT2D eigenvalue weighted by Gasteiger charge is -2.38. The molecule has 0 unspecified atom stereocenters. The summed E-state index contributed by atoms with van der Waals surface area (Å²) in [6.45, 7) is 16.4.